The largest absolute Gasteiger partial charge is 0.504 e. The summed E-state index contributed by atoms with van der Waals surface area (Å²) in [5.41, 5.74) is 0.149. The molecule has 0 aliphatic carbocycles. The third-order valence-corrected chi connectivity index (χ3v) is 1.76. The van der Waals surface area contributed by atoms with E-state index >= 15 is 0 Å². The van der Waals surface area contributed by atoms with E-state index in [1.807, 2.05) is 0 Å². The molecule has 1 aromatic rings. The maximum absolute atomic E-state index is 10.4. The SMILES string of the molecule is COc1ccc(CC(=O)O)c(O)c1O. The number of methoxy groups -OCH3 is 1. The fourth-order valence-corrected chi connectivity index (χ4v) is 1.07. The molecule has 0 saturated heterocycles. The van der Waals surface area contributed by atoms with Gasteiger partial charge in [-0.25, -0.2) is 0 Å². The van der Waals surface area contributed by atoms with Gasteiger partial charge >= 0.3 is 5.97 Å². The molecule has 0 radical (unpaired) electrons. The number of rotatable bonds is 3. The molecule has 0 aliphatic rings. The van der Waals surface area contributed by atoms with Crippen LogP contribution >= 0.6 is 0 Å². The van der Waals surface area contributed by atoms with Gasteiger partial charge < -0.3 is 20.1 Å². The van der Waals surface area contributed by atoms with Crippen LogP contribution in [0.25, 0.3) is 0 Å². The van der Waals surface area contributed by atoms with E-state index in [0.29, 0.717) is 0 Å². The lowest BCUT2D eigenvalue weighted by molar-refractivity contribution is -0.136. The van der Waals surface area contributed by atoms with E-state index in [1.165, 1.54) is 19.2 Å². The first-order chi connectivity index (χ1) is 6.56. The average Bonchev–Trinajstić information content (AvgIpc) is 2.13. The summed E-state index contributed by atoms with van der Waals surface area (Å²) in [6.45, 7) is 0. The van der Waals surface area contributed by atoms with Crippen LogP contribution in [-0.4, -0.2) is 28.4 Å². The Bertz CT molecular complexity index is 358. The molecular weight excluding hydrogens is 188 g/mol. The van der Waals surface area contributed by atoms with E-state index < -0.39 is 17.5 Å². The van der Waals surface area contributed by atoms with E-state index in [4.69, 9.17) is 9.84 Å². The molecule has 1 rings (SSSR count). The normalized spacial score (nSPS) is 9.79. The minimum absolute atomic E-state index is 0.108. The summed E-state index contributed by atoms with van der Waals surface area (Å²) >= 11 is 0. The van der Waals surface area contributed by atoms with E-state index in [9.17, 15) is 15.0 Å². The van der Waals surface area contributed by atoms with Gasteiger partial charge in [0, 0.05) is 5.56 Å². The molecule has 3 N–H and O–H groups in total. The molecule has 0 fully saturated rings. The Labute approximate surface area is 80.2 Å². The summed E-state index contributed by atoms with van der Waals surface area (Å²) in [5, 5.41) is 27.2. The fourth-order valence-electron chi connectivity index (χ4n) is 1.07. The molecule has 1 aromatic carbocycles. The van der Waals surface area contributed by atoms with Crippen molar-refractivity contribution < 1.29 is 24.9 Å². The molecule has 0 amide bonds. The molecule has 0 atom stereocenters. The van der Waals surface area contributed by atoms with Gasteiger partial charge in [0.1, 0.15) is 0 Å². The van der Waals surface area contributed by atoms with E-state index in [0.717, 1.165) is 0 Å². The number of aromatic hydroxyl groups is 2. The zero-order valence-corrected chi connectivity index (χ0v) is 7.52. The topological polar surface area (TPSA) is 87.0 Å². The van der Waals surface area contributed by atoms with Gasteiger partial charge in [-0.15, -0.1) is 0 Å². The number of benzene rings is 1. The van der Waals surface area contributed by atoms with Gasteiger partial charge in [-0.05, 0) is 6.07 Å². The zero-order valence-electron chi connectivity index (χ0n) is 7.52. The maximum atomic E-state index is 10.4. The number of hydrogen-bond acceptors (Lipinski definition) is 4. The van der Waals surface area contributed by atoms with Gasteiger partial charge in [0.2, 0.25) is 5.75 Å². The Morgan fingerprint density at radius 1 is 1.36 bits per heavy atom. The van der Waals surface area contributed by atoms with Crippen molar-refractivity contribution in [2.24, 2.45) is 0 Å². The second kappa shape index (κ2) is 3.87. The van der Waals surface area contributed by atoms with Crippen LogP contribution in [0.3, 0.4) is 0 Å². The van der Waals surface area contributed by atoms with Crippen molar-refractivity contribution in [1.82, 2.24) is 0 Å². The monoisotopic (exact) mass is 198 g/mol. The van der Waals surface area contributed by atoms with Crippen molar-refractivity contribution in [1.29, 1.82) is 0 Å². The number of aliphatic carboxylic acids is 1. The highest BCUT2D eigenvalue weighted by atomic mass is 16.5. The molecule has 0 heterocycles. The Morgan fingerprint density at radius 3 is 2.50 bits per heavy atom. The predicted octanol–water partition coefficient (Wildman–Crippen LogP) is 0.733. The predicted molar refractivity (Wildman–Crippen MR) is 47.7 cm³/mol. The lowest BCUT2D eigenvalue weighted by Crippen LogP contribution is -2.00. The highest BCUT2D eigenvalue weighted by Gasteiger charge is 2.13. The Kier molecular flexibility index (Phi) is 2.81. The van der Waals surface area contributed by atoms with Crippen molar-refractivity contribution in [3.05, 3.63) is 17.7 Å². The fraction of sp³-hybridized carbons (Fsp3) is 0.222. The van der Waals surface area contributed by atoms with Gasteiger partial charge in [-0.3, -0.25) is 4.79 Å². The highest BCUT2D eigenvalue weighted by molar-refractivity contribution is 5.72. The van der Waals surface area contributed by atoms with E-state index in [2.05, 4.69) is 0 Å². The third kappa shape index (κ3) is 1.87. The molecule has 0 aliphatic heterocycles. The van der Waals surface area contributed by atoms with Gasteiger partial charge in [0.15, 0.2) is 11.5 Å². The molecule has 76 valence electrons. The summed E-state index contributed by atoms with van der Waals surface area (Å²) in [6, 6.07) is 2.79. The number of carboxylic acid groups (broad SMARTS) is 1. The number of carbonyl (C=O) groups is 1. The molecule has 0 aromatic heterocycles. The van der Waals surface area contributed by atoms with Crippen LogP contribution in [0.1, 0.15) is 5.56 Å². The standard InChI is InChI=1S/C9H10O5/c1-14-6-3-2-5(4-7(10)11)8(12)9(6)13/h2-3,12-13H,4H2,1H3,(H,10,11). The first kappa shape index (κ1) is 10.2. The second-order valence-electron chi connectivity index (χ2n) is 2.69. The lowest BCUT2D eigenvalue weighted by atomic mass is 10.1. The van der Waals surface area contributed by atoms with Crippen molar-refractivity contribution in [2.45, 2.75) is 6.42 Å². The maximum Gasteiger partial charge on any atom is 0.307 e. The van der Waals surface area contributed by atoms with Gasteiger partial charge in [-0.2, -0.15) is 0 Å². The van der Waals surface area contributed by atoms with Crippen LogP contribution in [0.2, 0.25) is 0 Å². The highest BCUT2D eigenvalue weighted by Crippen LogP contribution is 2.37. The number of phenols is 2. The van der Waals surface area contributed by atoms with Crippen molar-refractivity contribution in [3.8, 4) is 17.2 Å². The molecular formula is C9H10O5. The molecule has 0 saturated carbocycles. The summed E-state index contributed by atoms with van der Waals surface area (Å²) in [7, 11) is 1.34. The first-order valence-electron chi connectivity index (χ1n) is 3.86. The van der Waals surface area contributed by atoms with Crippen LogP contribution in [0.15, 0.2) is 12.1 Å². The van der Waals surface area contributed by atoms with E-state index in [1.54, 1.807) is 0 Å². The Hall–Kier alpha value is -1.91. The van der Waals surface area contributed by atoms with Crippen LogP contribution in [0, 0.1) is 0 Å². The zero-order chi connectivity index (χ0) is 10.7. The van der Waals surface area contributed by atoms with E-state index in [-0.39, 0.29) is 17.7 Å². The molecule has 0 unspecified atom stereocenters. The molecule has 5 nitrogen and oxygen atoms in total. The summed E-state index contributed by atoms with van der Waals surface area (Å²) in [6.07, 6.45) is -0.344. The van der Waals surface area contributed by atoms with Crippen molar-refractivity contribution in [2.75, 3.05) is 7.11 Å². The first-order valence-corrected chi connectivity index (χ1v) is 3.86. The lowest BCUT2D eigenvalue weighted by Gasteiger charge is -2.07. The number of phenolic OH excluding ortho intramolecular Hbond substituents is 2. The average molecular weight is 198 g/mol. The van der Waals surface area contributed by atoms with Crippen LogP contribution in [-0.2, 0) is 11.2 Å². The number of carboxylic acids is 1. The van der Waals surface area contributed by atoms with Gasteiger partial charge in [-0.1, -0.05) is 6.07 Å². The van der Waals surface area contributed by atoms with Crippen LogP contribution in [0.5, 0.6) is 17.2 Å². The summed E-state index contributed by atoms with van der Waals surface area (Å²) in [5.74, 6) is -1.86. The molecule has 14 heavy (non-hydrogen) atoms. The summed E-state index contributed by atoms with van der Waals surface area (Å²) in [4.78, 5) is 10.4. The number of hydrogen-bond donors (Lipinski definition) is 3. The minimum atomic E-state index is -1.08. The van der Waals surface area contributed by atoms with Crippen molar-refractivity contribution in [3.63, 3.8) is 0 Å². The molecule has 0 spiro atoms. The molecule has 5 heteroatoms. The second-order valence-corrected chi connectivity index (χ2v) is 2.69. The summed E-state index contributed by atoms with van der Waals surface area (Å²) < 4.78 is 4.73. The van der Waals surface area contributed by atoms with Crippen LogP contribution < -0.4 is 4.74 Å². The Balaban J connectivity index is 3.10. The number of ether oxygens (including phenoxy) is 1. The third-order valence-electron chi connectivity index (χ3n) is 1.76. The molecule has 0 bridgehead atoms. The smallest absolute Gasteiger partial charge is 0.307 e. The van der Waals surface area contributed by atoms with Gasteiger partial charge in [0.05, 0.1) is 13.5 Å². The Morgan fingerprint density at radius 2 is 2.00 bits per heavy atom. The van der Waals surface area contributed by atoms with Gasteiger partial charge in [0.25, 0.3) is 0 Å². The van der Waals surface area contributed by atoms with Crippen molar-refractivity contribution >= 4 is 5.97 Å². The minimum Gasteiger partial charge on any atom is -0.504 e. The van der Waals surface area contributed by atoms with Crippen LogP contribution in [0.4, 0.5) is 0 Å². The quantitative estimate of drug-likeness (QED) is 0.623.